The molecule has 0 aliphatic carbocycles. The predicted molar refractivity (Wildman–Crippen MR) is 78.7 cm³/mol. The monoisotopic (exact) mass is 248 g/mol. The highest BCUT2D eigenvalue weighted by molar-refractivity contribution is 5.23. The van der Waals surface area contributed by atoms with E-state index in [1.165, 1.54) is 11.1 Å². The average molecular weight is 248 g/mol. The highest BCUT2D eigenvalue weighted by Gasteiger charge is 2.25. The molecule has 0 saturated heterocycles. The van der Waals surface area contributed by atoms with Gasteiger partial charge in [0.05, 0.1) is 6.10 Å². The number of rotatable bonds is 6. The summed E-state index contributed by atoms with van der Waals surface area (Å²) in [7, 11) is 0. The molecule has 0 heterocycles. The molecule has 0 spiro atoms. The Morgan fingerprint density at radius 3 is 1.72 bits per heavy atom. The Labute approximate surface area is 112 Å². The largest absolute Gasteiger partial charge is 0.392 e. The van der Waals surface area contributed by atoms with Gasteiger partial charge in [0.2, 0.25) is 0 Å². The van der Waals surface area contributed by atoms with Crippen LogP contribution in [0.25, 0.3) is 0 Å². The van der Waals surface area contributed by atoms with Crippen molar-refractivity contribution in [3.05, 3.63) is 35.4 Å². The zero-order valence-electron chi connectivity index (χ0n) is 12.5. The fourth-order valence-corrected chi connectivity index (χ4v) is 2.95. The van der Waals surface area contributed by atoms with Crippen LogP contribution in [0.1, 0.15) is 45.7 Å². The van der Waals surface area contributed by atoms with Crippen LogP contribution in [0.3, 0.4) is 0 Å². The van der Waals surface area contributed by atoms with Crippen LogP contribution in [-0.4, -0.2) is 11.2 Å². The summed E-state index contributed by atoms with van der Waals surface area (Å²) in [6, 6.07) is 8.64. The molecule has 1 unspecified atom stereocenters. The van der Waals surface area contributed by atoms with Crippen molar-refractivity contribution in [3.8, 4) is 0 Å². The maximum absolute atomic E-state index is 10.4. The van der Waals surface area contributed by atoms with E-state index in [2.05, 4.69) is 58.9 Å². The van der Waals surface area contributed by atoms with Crippen molar-refractivity contribution in [2.24, 2.45) is 17.8 Å². The maximum atomic E-state index is 10.4. The first kappa shape index (κ1) is 15.2. The van der Waals surface area contributed by atoms with Crippen LogP contribution in [-0.2, 0) is 12.8 Å². The lowest BCUT2D eigenvalue weighted by atomic mass is 9.79. The normalized spacial score (nSPS) is 13.6. The Balaban J connectivity index is 2.69. The molecule has 0 amide bonds. The van der Waals surface area contributed by atoms with Gasteiger partial charge < -0.3 is 5.11 Å². The first-order chi connectivity index (χ1) is 8.45. The van der Waals surface area contributed by atoms with Gasteiger partial charge in [-0.15, -0.1) is 0 Å². The van der Waals surface area contributed by atoms with Crippen LogP contribution in [0.15, 0.2) is 24.3 Å². The number of benzene rings is 1. The predicted octanol–water partition coefficient (Wildman–Crippen LogP) is 4.08. The Kier molecular flexibility index (Phi) is 5.87. The summed E-state index contributed by atoms with van der Waals surface area (Å²) in [5.41, 5.74) is 2.60. The van der Waals surface area contributed by atoms with Crippen molar-refractivity contribution in [2.75, 3.05) is 0 Å². The minimum Gasteiger partial charge on any atom is -0.392 e. The van der Waals surface area contributed by atoms with Crippen molar-refractivity contribution in [1.82, 2.24) is 0 Å². The smallest absolute Gasteiger partial charge is 0.0613 e. The molecule has 0 fully saturated rings. The van der Waals surface area contributed by atoms with Gasteiger partial charge >= 0.3 is 0 Å². The highest BCUT2D eigenvalue weighted by Crippen LogP contribution is 2.26. The van der Waals surface area contributed by atoms with Crippen LogP contribution in [0.4, 0.5) is 0 Å². The number of aryl methyl sites for hydroxylation is 1. The fourth-order valence-electron chi connectivity index (χ4n) is 2.95. The molecule has 0 bridgehead atoms. The Hall–Kier alpha value is -0.820. The van der Waals surface area contributed by atoms with Crippen LogP contribution in [0.2, 0.25) is 0 Å². The highest BCUT2D eigenvalue weighted by atomic mass is 16.3. The molecule has 0 aliphatic rings. The maximum Gasteiger partial charge on any atom is 0.0613 e. The van der Waals surface area contributed by atoms with Crippen LogP contribution < -0.4 is 0 Å². The van der Waals surface area contributed by atoms with Gasteiger partial charge in [-0.3, -0.25) is 0 Å². The van der Waals surface area contributed by atoms with Crippen LogP contribution in [0, 0.1) is 17.8 Å². The summed E-state index contributed by atoms with van der Waals surface area (Å²) in [6.07, 6.45) is 1.60. The van der Waals surface area contributed by atoms with E-state index in [9.17, 15) is 5.11 Å². The van der Waals surface area contributed by atoms with Gasteiger partial charge in [-0.1, -0.05) is 58.9 Å². The lowest BCUT2D eigenvalue weighted by Gasteiger charge is -2.30. The molecule has 0 saturated carbocycles. The third kappa shape index (κ3) is 4.13. The van der Waals surface area contributed by atoms with E-state index >= 15 is 0 Å². The zero-order valence-corrected chi connectivity index (χ0v) is 12.5. The second-order valence-electron chi connectivity index (χ2n) is 6.01. The Bertz CT molecular complexity index is 329. The van der Waals surface area contributed by atoms with Crippen molar-refractivity contribution in [1.29, 1.82) is 0 Å². The topological polar surface area (TPSA) is 20.2 Å². The van der Waals surface area contributed by atoms with E-state index in [-0.39, 0.29) is 6.10 Å². The van der Waals surface area contributed by atoms with E-state index in [1.54, 1.807) is 0 Å². The minimum absolute atomic E-state index is 0.238. The number of hydrogen-bond acceptors (Lipinski definition) is 1. The molecule has 0 aromatic heterocycles. The summed E-state index contributed by atoms with van der Waals surface area (Å²) in [6.45, 7) is 11.0. The van der Waals surface area contributed by atoms with Gasteiger partial charge in [-0.05, 0) is 41.7 Å². The van der Waals surface area contributed by atoms with E-state index in [1.807, 2.05) is 0 Å². The molecule has 1 nitrogen and oxygen atoms in total. The third-order valence-electron chi connectivity index (χ3n) is 3.86. The van der Waals surface area contributed by atoms with E-state index in [0.717, 1.165) is 12.8 Å². The molecular formula is C17H28O. The Morgan fingerprint density at radius 2 is 1.33 bits per heavy atom. The summed E-state index contributed by atoms with van der Waals surface area (Å²) in [5, 5.41) is 10.4. The van der Waals surface area contributed by atoms with Gasteiger partial charge in [0.15, 0.2) is 0 Å². The molecule has 1 aromatic rings. The average Bonchev–Trinajstić information content (AvgIpc) is 2.28. The third-order valence-corrected chi connectivity index (χ3v) is 3.86. The molecule has 0 aliphatic heterocycles. The van der Waals surface area contributed by atoms with Gasteiger partial charge in [0.1, 0.15) is 0 Å². The fraction of sp³-hybridized carbons (Fsp3) is 0.647. The molecule has 1 aromatic carbocycles. The molecular weight excluding hydrogens is 220 g/mol. The molecule has 1 heteroatoms. The quantitative estimate of drug-likeness (QED) is 0.804. The number of aliphatic hydroxyl groups is 1. The Morgan fingerprint density at radius 1 is 0.889 bits per heavy atom. The van der Waals surface area contributed by atoms with Gasteiger partial charge in [0.25, 0.3) is 0 Å². The van der Waals surface area contributed by atoms with Crippen LogP contribution >= 0.6 is 0 Å². The summed E-state index contributed by atoms with van der Waals surface area (Å²) in [4.78, 5) is 0. The SMILES string of the molecule is CCc1ccc(CC(O)C(C(C)C)C(C)C)cc1. The second kappa shape index (κ2) is 6.94. The summed E-state index contributed by atoms with van der Waals surface area (Å²) in [5.74, 6) is 1.42. The molecule has 18 heavy (non-hydrogen) atoms. The molecule has 0 radical (unpaired) electrons. The lowest BCUT2D eigenvalue weighted by molar-refractivity contribution is 0.0536. The summed E-state index contributed by atoms with van der Waals surface area (Å²) >= 11 is 0. The zero-order chi connectivity index (χ0) is 13.7. The minimum atomic E-state index is -0.238. The lowest BCUT2D eigenvalue weighted by Crippen LogP contribution is -2.31. The van der Waals surface area contributed by atoms with Crippen molar-refractivity contribution >= 4 is 0 Å². The van der Waals surface area contributed by atoms with E-state index in [4.69, 9.17) is 0 Å². The first-order valence-electron chi connectivity index (χ1n) is 7.21. The molecule has 1 atom stereocenters. The molecule has 1 N–H and O–H groups in total. The van der Waals surface area contributed by atoms with Gasteiger partial charge in [-0.25, -0.2) is 0 Å². The summed E-state index contributed by atoms with van der Waals surface area (Å²) < 4.78 is 0. The van der Waals surface area contributed by atoms with Crippen molar-refractivity contribution in [2.45, 2.75) is 53.6 Å². The number of hydrogen-bond donors (Lipinski definition) is 1. The van der Waals surface area contributed by atoms with Gasteiger partial charge in [0, 0.05) is 0 Å². The molecule has 102 valence electrons. The molecule has 1 rings (SSSR count). The second-order valence-corrected chi connectivity index (χ2v) is 6.01. The van der Waals surface area contributed by atoms with E-state index < -0.39 is 0 Å². The van der Waals surface area contributed by atoms with Crippen LogP contribution in [0.5, 0.6) is 0 Å². The first-order valence-corrected chi connectivity index (χ1v) is 7.21. The van der Waals surface area contributed by atoms with Gasteiger partial charge in [-0.2, -0.15) is 0 Å². The van der Waals surface area contributed by atoms with E-state index in [0.29, 0.717) is 17.8 Å². The number of aliphatic hydroxyl groups excluding tert-OH is 1. The van der Waals surface area contributed by atoms with Crippen molar-refractivity contribution < 1.29 is 5.11 Å². The van der Waals surface area contributed by atoms with Crippen molar-refractivity contribution in [3.63, 3.8) is 0 Å². The standard InChI is InChI=1S/C17H28O/c1-6-14-7-9-15(10-8-14)11-16(18)17(12(2)3)13(4)5/h7-10,12-13,16-18H,6,11H2,1-5H3.